The highest BCUT2D eigenvalue weighted by molar-refractivity contribution is 6.32. The Morgan fingerprint density at radius 2 is 1.63 bits per heavy atom. The SMILES string of the molecule is COc1ccc(NCc2c(OCc3ccc(C)cc3)ccc3ccccc23)cc1Cl. The van der Waals surface area contributed by atoms with Gasteiger partial charge in [-0.1, -0.05) is 71.8 Å². The van der Waals surface area contributed by atoms with Gasteiger partial charge in [0.25, 0.3) is 0 Å². The maximum Gasteiger partial charge on any atom is 0.137 e. The number of hydrogen-bond acceptors (Lipinski definition) is 3. The van der Waals surface area contributed by atoms with E-state index in [0.717, 1.165) is 22.6 Å². The van der Waals surface area contributed by atoms with Gasteiger partial charge in [-0.15, -0.1) is 0 Å². The molecule has 0 heterocycles. The second-order valence-corrected chi connectivity index (χ2v) is 7.65. The average Bonchev–Trinajstić information content (AvgIpc) is 2.77. The molecule has 4 aromatic carbocycles. The van der Waals surface area contributed by atoms with Crippen LogP contribution in [0.15, 0.2) is 78.9 Å². The minimum atomic E-state index is 0.528. The van der Waals surface area contributed by atoms with E-state index in [0.29, 0.717) is 23.9 Å². The topological polar surface area (TPSA) is 30.5 Å². The molecule has 4 rings (SSSR count). The number of anilines is 1. The first kappa shape index (κ1) is 20.1. The first-order valence-electron chi connectivity index (χ1n) is 9.90. The number of aryl methyl sites for hydroxylation is 1. The molecule has 0 unspecified atom stereocenters. The van der Waals surface area contributed by atoms with Crippen LogP contribution in [0, 0.1) is 6.92 Å². The number of rotatable bonds is 7. The monoisotopic (exact) mass is 417 g/mol. The lowest BCUT2D eigenvalue weighted by molar-refractivity contribution is 0.304. The Kier molecular flexibility index (Phi) is 6.10. The number of halogens is 1. The second kappa shape index (κ2) is 9.10. The number of hydrogen-bond donors (Lipinski definition) is 1. The first-order chi connectivity index (χ1) is 14.6. The van der Waals surface area contributed by atoms with Crippen molar-refractivity contribution in [2.75, 3.05) is 12.4 Å². The van der Waals surface area contributed by atoms with Crippen molar-refractivity contribution in [2.24, 2.45) is 0 Å². The van der Waals surface area contributed by atoms with Gasteiger partial charge in [0.2, 0.25) is 0 Å². The molecule has 0 aliphatic heterocycles. The zero-order valence-corrected chi connectivity index (χ0v) is 17.9. The number of benzene rings is 4. The fourth-order valence-corrected chi connectivity index (χ4v) is 3.70. The summed E-state index contributed by atoms with van der Waals surface area (Å²) < 4.78 is 11.5. The molecule has 0 bridgehead atoms. The zero-order chi connectivity index (χ0) is 20.9. The van der Waals surface area contributed by atoms with Crippen molar-refractivity contribution in [3.63, 3.8) is 0 Å². The van der Waals surface area contributed by atoms with Crippen LogP contribution < -0.4 is 14.8 Å². The maximum absolute atomic E-state index is 6.28. The van der Waals surface area contributed by atoms with Crippen LogP contribution in [0.25, 0.3) is 10.8 Å². The van der Waals surface area contributed by atoms with Gasteiger partial charge in [-0.2, -0.15) is 0 Å². The lowest BCUT2D eigenvalue weighted by atomic mass is 10.0. The minimum absolute atomic E-state index is 0.528. The highest BCUT2D eigenvalue weighted by atomic mass is 35.5. The van der Waals surface area contributed by atoms with Gasteiger partial charge in [0.05, 0.1) is 12.1 Å². The summed E-state index contributed by atoms with van der Waals surface area (Å²) in [6, 6.07) is 26.6. The quantitative estimate of drug-likeness (QED) is 0.351. The molecule has 30 heavy (non-hydrogen) atoms. The van der Waals surface area contributed by atoms with E-state index >= 15 is 0 Å². The van der Waals surface area contributed by atoms with E-state index in [9.17, 15) is 0 Å². The number of nitrogens with one attached hydrogen (secondary N) is 1. The van der Waals surface area contributed by atoms with Gasteiger partial charge in [-0.3, -0.25) is 0 Å². The summed E-state index contributed by atoms with van der Waals surface area (Å²) in [5.41, 5.74) is 4.44. The molecule has 152 valence electrons. The fraction of sp³-hybridized carbons (Fsp3) is 0.154. The molecular formula is C26H24ClNO2. The third-order valence-corrected chi connectivity index (χ3v) is 5.43. The normalized spacial score (nSPS) is 10.8. The van der Waals surface area contributed by atoms with Crippen LogP contribution in [-0.2, 0) is 13.2 Å². The Morgan fingerprint density at radius 3 is 2.40 bits per heavy atom. The van der Waals surface area contributed by atoms with Crippen molar-refractivity contribution in [1.82, 2.24) is 0 Å². The Morgan fingerprint density at radius 1 is 0.867 bits per heavy atom. The molecule has 0 saturated carbocycles. The molecule has 0 radical (unpaired) electrons. The molecule has 0 saturated heterocycles. The van der Waals surface area contributed by atoms with Crippen molar-refractivity contribution in [1.29, 1.82) is 0 Å². The third-order valence-electron chi connectivity index (χ3n) is 5.13. The Hall–Kier alpha value is -3.17. The Labute approximate surface area is 182 Å². The van der Waals surface area contributed by atoms with Gasteiger partial charge in [0.1, 0.15) is 18.1 Å². The van der Waals surface area contributed by atoms with Gasteiger partial charge >= 0.3 is 0 Å². The molecule has 0 aliphatic carbocycles. The van der Waals surface area contributed by atoms with Crippen molar-refractivity contribution >= 4 is 28.1 Å². The van der Waals surface area contributed by atoms with E-state index in [4.69, 9.17) is 21.1 Å². The zero-order valence-electron chi connectivity index (χ0n) is 17.1. The summed E-state index contributed by atoms with van der Waals surface area (Å²) in [5, 5.41) is 6.41. The van der Waals surface area contributed by atoms with Crippen LogP contribution in [0.5, 0.6) is 11.5 Å². The molecule has 0 atom stereocenters. The van der Waals surface area contributed by atoms with Crippen LogP contribution in [-0.4, -0.2) is 7.11 Å². The van der Waals surface area contributed by atoms with Gasteiger partial charge < -0.3 is 14.8 Å². The molecule has 3 nitrogen and oxygen atoms in total. The number of ether oxygens (including phenoxy) is 2. The highest BCUT2D eigenvalue weighted by Gasteiger charge is 2.10. The molecule has 4 aromatic rings. The van der Waals surface area contributed by atoms with Crippen LogP contribution in [0.3, 0.4) is 0 Å². The van der Waals surface area contributed by atoms with E-state index in [1.807, 2.05) is 18.2 Å². The van der Waals surface area contributed by atoms with E-state index < -0.39 is 0 Å². The number of fused-ring (bicyclic) bond motifs is 1. The van der Waals surface area contributed by atoms with E-state index in [-0.39, 0.29) is 0 Å². The summed E-state index contributed by atoms with van der Waals surface area (Å²) >= 11 is 6.28. The molecule has 0 aliphatic rings. The van der Waals surface area contributed by atoms with Crippen molar-refractivity contribution in [3.05, 3.63) is 101 Å². The second-order valence-electron chi connectivity index (χ2n) is 7.24. The lowest BCUT2D eigenvalue weighted by Gasteiger charge is -2.16. The summed E-state index contributed by atoms with van der Waals surface area (Å²) in [7, 11) is 1.61. The van der Waals surface area contributed by atoms with E-state index in [1.165, 1.54) is 16.3 Å². The highest BCUT2D eigenvalue weighted by Crippen LogP contribution is 2.31. The standard InChI is InChI=1S/C26H24ClNO2/c1-18-7-9-19(10-8-18)17-30-25-13-11-20-5-3-4-6-22(20)23(25)16-28-21-12-14-26(29-2)24(27)15-21/h3-15,28H,16-17H2,1-2H3. The van der Waals surface area contributed by atoms with Gasteiger partial charge in [-0.25, -0.2) is 0 Å². The van der Waals surface area contributed by atoms with Gasteiger partial charge in [-0.05, 0) is 47.5 Å². The molecule has 0 fully saturated rings. The maximum atomic E-state index is 6.28. The summed E-state index contributed by atoms with van der Waals surface area (Å²) in [4.78, 5) is 0. The van der Waals surface area contributed by atoms with Crippen molar-refractivity contribution in [2.45, 2.75) is 20.1 Å². The molecule has 0 spiro atoms. The molecule has 0 aromatic heterocycles. The van der Waals surface area contributed by atoms with Gasteiger partial charge in [0, 0.05) is 17.8 Å². The van der Waals surface area contributed by atoms with Crippen molar-refractivity contribution < 1.29 is 9.47 Å². The summed E-state index contributed by atoms with van der Waals surface area (Å²) in [6.07, 6.45) is 0. The molecular weight excluding hydrogens is 394 g/mol. The summed E-state index contributed by atoms with van der Waals surface area (Å²) in [6.45, 7) is 3.23. The Balaban J connectivity index is 1.60. The average molecular weight is 418 g/mol. The van der Waals surface area contributed by atoms with Crippen LogP contribution >= 0.6 is 11.6 Å². The Bertz CT molecular complexity index is 1160. The molecule has 1 N–H and O–H groups in total. The smallest absolute Gasteiger partial charge is 0.137 e. The minimum Gasteiger partial charge on any atom is -0.495 e. The van der Waals surface area contributed by atoms with E-state index in [2.05, 4.69) is 72.9 Å². The van der Waals surface area contributed by atoms with E-state index in [1.54, 1.807) is 7.11 Å². The van der Waals surface area contributed by atoms with Crippen LogP contribution in [0.4, 0.5) is 5.69 Å². The fourth-order valence-electron chi connectivity index (χ4n) is 3.45. The molecule has 0 amide bonds. The molecule has 4 heteroatoms. The predicted molar refractivity (Wildman–Crippen MR) is 125 cm³/mol. The summed E-state index contributed by atoms with van der Waals surface area (Å²) in [5.74, 6) is 1.54. The largest absolute Gasteiger partial charge is 0.495 e. The predicted octanol–water partition coefficient (Wildman–Crippen LogP) is 7.00. The van der Waals surface area contributed by atoms with Crippen molar-refractivity contribution in [3.8, 4) is 11.5 Å². The number of methoxy groups -OCH3 is 1. The third kappa shape index (κ3) is 4.52. The lowest BCUT2D eigenvalue weighted by Crippen LogP contribution is -2.05. The van der Waals surface area contributed by atoms with Crippen LogP contribution in [0.1, 0.15) is 16.7 Å². The van der Waals surface area contributed by atoms with Crippen LogP contribution in [0.2, 0.25) is 5.02 Å². The first-order valence-corrected chi connectivity index (χ1v) is 10.3. The van der Waals surface area contributed by atoms with Gasteiger partial charge in [0.15, 0.2) is 0 Å².